The van der Waals surface area contributed by atoms with Crippen molar-refractivity contribution in [1.82, 2.24) is 29.9 Å². The minimum Gasteiger partial charge on any atom is -0.335 e. The summed E-state index contributed by atoms with van der Waals surface area (Å²) >= 11 is 0. The third-order valence-electron chi connectivity index (χ3n) is 3.44. The van der Waals surface area contributed by atoms with E-state index in [2.05, 4.69) is 37.5 Å². The molecule has 3 aromatic heterocycles. The van der Waals surface area contributed by atoms with Gasteiger partial charge in [-0.05, 0) is 27.7 Å². The lowest BCUT2D eigenvalue weighted by Gasteiger charge is -2.06. The van der Waals surface area contributed by atoms with Gasteiger partial charge in [0.2, 0.25) is 0 Å². The van der Waals surface area contributed by atoms with Crippen molar-refractivity contribution in [2.75, 3.05) is 5.32 Å². The SMILES string of the molecule is CCn1nc(C)c(Nc2ncnc3c(C)[nH]nc23)c1C. The molecule has 0 unspecified atom stereocenters. The molecule has 0 saturated carbocycles. The summed E-state index contributed by atoms with van der Waals surface area (Å²) in [7, 11) is 0. The number of nitrogens with one attached hydrogen (secondary N) is 2. The fourth-order valence-electron chi connectivity index (χ4n) is 2.35. The highest BCUT2D eigenvalue weighted by molar-refractivity contribution is 5.88. The van der Waals surface area contributed by atoms with E-state index in [0.29, 0.717) is 5.82 Å². The number of H-pyrrole nitrogens is 1. The molecule has 0 fully saturated rings. The number of fused-ring (bicyclic) bond motifs is 1. The first kappa shape index (κ1) is 12.6. The molecule has 0 spiro atoms. The summed E-state index contributed by atoms with van der Waals surface area (Å²) in [6.45, 7) is 8.88. The van der Waals surface area contributed by atoms with Crippen LogP contribution in [0.4, 0.5) is 11.5 Å². The van der Waals surface area contributed by atoms with Crippen LogP contribution >= 0.6 is 0 Å². The minimum absolute atomic E-state index is 0.696. The highest BCUT2D eigenvalue weighted by atomic mass is 15.3. The topological polar surface area (TPSA) is 84.3 Å². The molecule has 0 aromatic carbocycles. The summed E-state index contributed by atoms with van der Waals surface area (Å²) in [4.78, 5) is 8.53. The Kier molecular flexibility index (Phi) is 2.89. The molecule has 0 aliphatic heterocycles. The Balaban J connectivity index is 2.08. The second-order valence-electron chi connectivity index (χ2n) is 4.75. The van der Waals surface area contributed by atoms with Crippen LogP contribution in [0.2, 0.25) is 0 Å². The van der Waals surface area contributed by atoms with Gasteiger partial charge in [0.05, 0.1) is 22.8 Å². The zero-order valence-corrected chi connectivity index (χ0v) is 12.0. The monoisotopic (exact) mass is 271 g/mol. The van der Waals surface area contributed by atoms with Gasteiger partial charge in [-0.25, -0.2) is 9.97 Å². The second kappa shape index (κ2) is 4.59. The van der Waals surface area contributed by atoms with Gasteiger partial charge in [0.25, 0.3) is 0 Å². The van der Waals surface area contributed by atoms with E-state index in [1.807, 2.05) is 25.5 Å². The fraction of sp³-hybridized carbons (Fsp3) is 0.385. The Morgan fingerprint density at radius 2 is 2.00 bits per heavy atom. The molecular weight excluding hydrogens is 254 g/mol. The Morgan fingerprint density at radius 3 is 2.70 bits per heavy atom. The lowest BCUT2D eigenvalue weighted by molar-refractivity contribution is 0.634. The summed E-state index contributed by atoms with van der Waals surface area (Å²) in [5, 5.41) is 15.0. The smallest absolute Gasteiger partial charge is 0.162 e. The van der Waals surface area contributed by atoms with E-state index in [1.54, 1.807) is 6.33 Å². The van der Waals surface area contributed by atoms with Crippen molar-refractivity contribution in [3.8, 4) is 0 Å². The van der Waals surface area contributed by atoms with Crippen molar-refractivity contribution in [3.63, 3.8) is 0 Å². The third kappa shape index (κ3) is 1.82. The summed E-state index contributed by atoms with van der Waals surface area (Å²) in [6, 6.07) is 0. The fourth-order valence-corrected chi connectivity index (χ4v) is 2.35. The first-order valence-electron chi connectivity index (χ1n) is 6.58. The molecule has 0 aliphatic carbocycles. The molecule has 7 nitrogen and oxygen atoms in total. The van der Waals surface area contributed by atoms with Crippen LogP contribution in [0.1, 0.15) is 24.0 Å². The predicted molar refractivity (Wildman–Crippen MR) is 77.1 cm³/mol. The zero-order valence-electron chi connectivity index (χ0n) is 12.0. The van der Waals surface area contributed by atoms with Crippen LogP contribution in [0.15, 0.2) is 6.33 Å². The molecule has 0 aliphatic rings. The van der Waals surface area contributed by atoms with Crippen molar-refractivity contribution in [2.24, 2.45) is 0 Å². The van der Waals surface area contributed by atoms with Crippen molar-refractivity contribution in [2.45, 2.75) is 34.2 Å². The highest BCUT2D eigenvalue weighted by Gasteiger charge is 2.14. The molecule has 2 N–H and O–H groups in total. The number of aryl methyl sites for hydroxylation is 3. The zero-order chi connectivity index (χ0) is 14.3. The second-order valence-corrected chi connectivity index (χ2v) is 4.75. The molecule has 7 heteroatoms. The number of nitrogens with zero attached hydrogens (tertiary/aromatic N) is 5. The number of rotatable bonds is 3. The summed E-state index contributed by atoms with van der Waals surface area (Å²) in [5.74, 6) is 0.696. The first-order valence-corrected chi connectivity index (χ1v) is 6.58. The summed E-state index contributed by atoms with van der Waals surface area (Å²) in [5.41, 5.74) is 5.52. The Labute approximate surface area is 116 Å². The molecule has 104 valence electrons. The lowest BCUT2D eigenvalue weighted by atomic mass is 10.3. The number of hydrogen-bond acceptors (Lipinski definition) is 5. The molecular formula is C13H17N7. The Bertz CT molecular complexity index is 768. The molecule has 0 atom stereocenters. The molecule has 0 saturated heterocycles. The van der Waals surface area contributed by atoms with Crippen LogP contribution in [0.5, 0.6) is 0 Å². The van der Waals surface area contributed by atoms with Gasteiger partial charge in [-0.2, -0.15) is 10.2 Å². The molecule has 3 aromatic rings. The van der Waals surface area contributed by atoms with E-state index in [-0.39, 0.29) is 0 Å². The Morgan fingerprint density at radius 1 is 1.20 bits per heavy atom. The van der Waals surface area contributed by atoms with Crippen LogP contribution in [0.3, 0.4) is 0 Å². The van der Waals surface area contributed by atoms with Gasteiger partial charge < -0.3 is 5.32 Å². The van der Waals surface area contributed by atoms with Gasteiger partial charge in [0.15, 0.2) is 11.3 Å². The number of anilines is 2. The van der Waals surface area contributed by atoms with Crippen LogP contribution in [-0.2, 0) is 6.54 Å². The normalized spacial score (nSPS) is 11.2. The average molecular weight is 271 g/mol. The molecule has 0 radical (unpaired) electrons. The van der Waals surface area contributed by atoms with Crippen LogP contribution in [0, 0.1) is 20.8 Å². The van der Waals surface area contributed by atoms with E-state index in [4.69, 9.17) is 0 Å². The van der Waals surface area contributed by atoms with Gasteiger partial charge in [-0.3, -0.25) is 9.78 Å². The highest BCUT2D eigenvalue weighted by Crippen LogP contribution is 2.26. The van der Waals surface area contributed by atoms with Gasteiger partial charge in [-0.1, -0.05) is 0 Å². The van der Waals surface area contributed by atoms with Crippen molar-refractivity contribution in [3.05, 3.63) is 23.4 Å². The van der Waals surface area contributed by atoms with Crippen molar-refractivity contribution in [1.29, 1.82) is 0 Å². The number of aromatic nitrogens is 6. The minimum atomic E-state index is 0.696. The van der Waals surface area contributed by atoms with Crippen molar-refractivity contribution >= 4 is 22.5 Å². The molecule has 3 heterocycles. The van der Waals surface area contributed by atoms with E-state index in [0.717, 1.165) is 40.3 Å². The number of aromatic amines is 1. The average Bonchev–Trinajstić information content (AvgIpc) is 2.95. The van der Waals surface area contributed by atoms with Gasteiger partial charge in [-0.15, -0.1) is 0 Å². The molecule has 20 heavy (non-hydrogen) atoms. The maximum absolute atomic E-state index is 4.49. The van der Waals surface area contributed by atoms with Crippen LogP contribution in [0.25, 0.3) is 11.0 Å². The van der Waals surface area contributed by atoms with E-state index in [9.17, 15) is 0 Å². The standard InChI is InChI=1S/C13H17N7/c1-5-20-9(4)10(8(3)19-20)16-13-12-11(14-6-15-13)7(2)17-18-12/h6H,5H2,1-4H3,(H,17,18)(H,14,15,16). The van der Waals surface area contributed by atoms with Gasteiger partial charge in [0.1, 0.15) is 11.8 Å². The van der Waals surface area contributed by atoms with E-state index >= 15 is 0 Å². The molecule has 0 bridgehead atoms. The summed E-state index contributed by atoms with van der Waals surface area (Å²) < 4.78 is 1.96. The summed E-state index contributed by atoms with van der Waals surface area (Å²) in [6.07, 6.45) is 1.54. The van der Waals surface area contributed by atoms with Gasteiger partial charge in [0, 0.05) is 6.54 Å². The lowest BCUT2D eigenvalue weighted by Crippen LogP contribution is -2.00. The van der Waals surface area contributed by atoms with E-state index < -0.39 is 0 Å². The molecule has 3 rings (SSSR count). The maximum Gasteiger partial charge on any atom is 0.162 e. The van der Waals surface area contributed by atoms with Crippen molar-refractivity contribution < 1.29 is 0 Å². The number of hydrogen-bond donors (Lipinski definition) is 2. The maximum atomic E-state index is 4.49. The van der Waals surface area contributed by atoms with E-state index in [1.165, 1.54) is 0 Å². The third-order valence-corrected chi connectivity index (χ3v) is 3.44. The molecule has 0 amide bonds. The van der Waals surface area contributed by atoms with Crippen LogP contribution < -0.4 is 5.32 Å². The first-order chi connectivity index (χ1) is 9.61. The Hall–Kier alpha value is -2.44. The quantitative estimate of drug-likeness (QED) is 0.763. The largest absolute Gasteiger partial charge is 0.335 e. The van der Waals surface area contributed by atoms with Gasteiger partial charge >= 0.3 is 0 Å². The predicted octanol–water partition coefficient (Wildman–Crippen LogP) is 2.24. The van der Waals surface area contributed by atoms with Crippen LogP contribution in [-0.4, -0.2) is 29.9 Å².